The Morgan fingerprint density at radius 1 is 1.17 bits per heavy atom. The summed E-state index contributed by atoms with van der Waals surface area (Å²) in [5.41, 5.74) is 1.43. The Kier molecular flexibility index (Phi) is 9.37. The van der Waals surface area contributed by atoms with Crippen LogP contribution in [0.2, 0.25) is 5.02 Å². The van der Waals surface area contributed by atoms with E-state index in [0.29, 0.717) is 40.9 Å². The molecule has 1 aliphatic rings. The lowest BCUT2D eigenvalue weighted by Crippen LogP contribution is -2.46. The number of benzene rings is 2. The third-order valence-corrected chi connectivity index (χ3v) is 6.69. The van der Waals surface area contributed by atoms with Crippen molar-refractivity contribution in [2.75, 3.05) is 51.0 Å². The highest BCUT2D eigenvalue weighted by Gasteiger charge is 2.28. The molecule has 0 saturated carbocycles. The molecule has 1 heterocycles. The molecule has 2 N–H and O–H groups in total. The zero-order chi connectivity index (χ0) is 25.5. The highest BCUT2D eigenvalue weighted by molar-refractivity contribution is 6.33. The molecular weight excluding hydrogens is 468 g/mol. The molecule has 0 radical (unpaired) electrons. The van der Waals surface area contributed by atoms with Crippen LogP contribution in [0.15, 0.2) is 42.5 Å². The topological polar surface area (TPSA) is 83.1 Å². The lowest BCUT2D eigenvalue weighted by Gasteiger charge is -2.35. The molecule has 3 rings (SSSR count). The van der Waals surface area contributed by atoms with Crippen molar-refractivity contribution >= 4 is 34.9 Å². The van der Waals surface area contributed by atoms with Gasteiger partial charge in [-0.05, 0) is 43.7 Å². The third kappa shape index (κ3) is 6.87. The predicted octanol–water partition coefficient (Wildman–Crippen LogP) is 4.81. The number of para-hydroxylation sites is 1. The minimum absolute atomic E-state index is 0.0940. The molecule has 35 heavy (non-hydrogen) atoms. The Morgan fingerprint density at radius 2 is 1.91 bits per heavy atom. The van der Waals surface area contributed by atoms with Gasteiger partial charge in [-0.2, -0.15) is 0 Å². The first kappa shape index (κ1) is 26.8. The summed E-state index contributed by atoms with van der Waals surface area (Å²) in [6.07, 6.45) is -0.0940. The van der Waals surface area contributed by atoms with Gasteiger partial charge in [0.1, 0.15) is 12.4 Å². The molecule has 0 spiro atoms. The fraction of sp³-hybridized carbons (Fsp3) is 0.462. The highest BCUT2D eigenvalue weighted by Crippen LogP contribution is 2.27. The summed E-state index contributed by atoms with van der Waals surface area (Å²) in [7, 11) is 3.45. The number of hydrogen-bond acceptors (Lipinski definition) is 5. The first-order chi connectivity index (χ1) is 16.7. The monoisotopic (exact) mass is 502 g/mol. The number of amides is 3. The first-order valence-electron chi connectivity index (χ1n) is 11.8. The van der Waals surface area contributed by atoms with Crippen LogP contribution in [0.4, 0.5) is 16.2 Å². The number of fused-ring (bicyclic) bond motifs is 1. The fourth-order valence-corrected chi connectivity index (χ4v) is 4.40. The molecule has 0 bridgehead atoms. The van der Waals surface area contributed by atoms with Crippen molar-refractivity contribution in [2.45, 2.75) is 32.9 Å². The van der Waals surface area contributed by atoms with Crippen LogP contribution in [0, 0.1) is 5.92 Å². The van der Waals surface area contributed by atoms with Crippen molar-refractivity contribution in [3.05, 3.63) is 53.1 Å². The largest absolute Gasteiger partial charge is 0.491 e. The molecule has 9 heteroatoms. The standard InChI is InChI=1S/C26H35ClN4O4/c1-6-31-14-17(2)24(34-5)15-30(4)25(32)20-12-11-19(13-23(20)35-16-18(31)3)28-26(33)29-22-10-8-7-9-21(22)27/h7-13,17-18,24H,6,14-16H2,1-5H3,(H2,28,29,33)/t17-,18-,24-/m1/s1. The van der Waals surface area contributed by atoms with Gasteiger partial charge in [-0.1, -0.05) is 37.6 Å². The Hall–Kier alpha value is -2.81. The van der Waals surface area contributed by atoms with Crippen molar-refractivity contribution < 1.29 is 19.1 Å². The van der Waals surface area contributed by atoms with E-state index < -0.39 is 6.03 Å². The number of urea groups is 1. The number of nitrogens with zero attached hydrogens (tertiary/aromatic N) is 2. The van der Waals surface area contributed by atoms with Gasteiger partial charge in [-0.25, -0.2) is 4.79 Å². The first-order valence-corrected chi connectivity index (χ1v) is 12.2. The van der Waals surface area contributed by atoms with E-state index in [1.54, 1.807) is 61.5 Å². The van der Waals surface area contributed by atoms with Gasteiger partial charge in [0.15, 0.2) is 0 Å². The Morgan fingerprint density at radius 3 is 2.60 bits per heavy atom. The molecule has 190 valence electrons. The van der Waals surface area contributed by atoms with E-state index in [1.807, 2.05) is 0 Å². The number of methoxy groups -OCH3 is 1. The number of ether oxygens (including phenoxy) is 2. The quantitative estimate of drug-likeness (QED) is 0.627. The summed E-state index contributed by atoms with van der Waals surface area (Å²) in [5.74, 6) is 0.490. The molecule has 0 aliphatic carbocycles. The SMILES string of the molecule is CCN1C[C@@H](C)[C@H](OC)CN(C)C(=O)c2ccc(NC(=O)Nc3ccccc3Cl)cc2OC[C@H]1C. The second-order valence-corrected chi connectivity index (χ2v) is 9.36. The molecule has 0 aromatic heterocycles. The van der Waals surface area contributed by atoms with E-state index in [0.717, 1.165) is 13.1 Å². The predicted molar refractivity (Wildman–Crippen MR) is 140 cm³/mol. The molecule has 2 aromatic carbocycles. The maximum absolute atomic E-state index is 13.3. The molecule has 2 aromatic rings. The van der Waals surface area contributed by atoms with Gasteiger partial charge in [-0.15, -0.1) is 0 Å². The van der Waals surface area contributed by atoms with E-state index in [1.165, 1.54) is 0 Å². The second-order valence-electron chi connectivity index (χ2n) is 8.95. The number of hydrogen-bond donors (Lipinski definition) is 2. The lowest BCUT2D eigenvalue weighted by atomic mass is 10.0. The van der Waals surface area contributed by atoms with E-state index in [-0.39, 0.29) is 24.0 Å². The van der Waals surface area contributed by atoms with Crippen molar-refractivity contribution in [2.24, 2.45) is 5.92 Å². The highest BCUT2D eigenvalue weighted by atomic mass is 35.5. The number of anilines is 2. The van der Waals surface area contributed by atoms with E-state index in [4.69, 9.17) is 21.1 Å². The van der Waals surface area contributed by atoms with Crippen molar-refractivity contribution in [3.8, 4) is 5.75 Å². The van der Waals surface area contributed by atoms with Crippen LogP contribution in [0.1, 0.15) is 31.1 Å². The van der Waals surface area contributed by atoms with Gasteiger partial charge < -0.3 is 25.0 Å². The van der Waals surface area contributed by atoms with Gasteiger partial charge in [0, 0.05) is 45.0 Å². The number of halogens is 1. The fourth-order valence-electron chi connectivity index (χ4n) is 4.21. The Balaban J connectivity index is 1.86. The number of likely N-dealkylation sites (N-methyl/N-ethyl adjacent to an activating group) is 2. The molecule has 0 fully saturated rings. The van der Waals surface area contributed by atoms with Crippen LogP contribution in [-0.2, 0) is 4.74 Å². The maximum atomic E-state index is 13.3. The smallest absolute Gasteiger partial charge is 0.323 e. The summed E-state index contributed by atoms with van der Waals surface area (Å²) in [6, 6.07) is 11.7. The summed E-state index contributed by atoms with van der Waals surface area (Å²) in [5, 5.41) is 5.96. The van der Waals surface area contributed by atoms with Crippen molar-refractivity contribution in [1.29, 1.82) is 0 Å². The summed E-state index contributed by atoms with van der Waals surface area (Å²) >= 11 is 6.13. The number of carbonyl (C=O) groups is 2. The molecule has 1 aliphatic heterocycles. The van der Waals surface area contributed by atoms with E-state index in [9.17, 15) is 9.59 Å². The van der Waals surface area contributed by atoms with Crippen LogP contribution in [0.25, 0.3) is 0 Å². The molecule has 8 nitrogen and oxygen atoms in total. The van der Waals surface area contributed by atoms with Crippen LogP contribution in [0.5, 0.6) is 5.75 Å². The Labute approximate surface area is 212 Å². The third-order valence-electron chi connectivity index (χ3n) is 6.36. The van der Waals surface area contributed by atoms with E-state index >= 15 is 0 Å². The van der Waals surface area contributed by atoms with Crippen LogP contribution in [-0.4, -0.2) is 74.3 Å². The summed E-state index contributed by atoms with van der Waals surface area (Å²) in [4.78, 5) is 29.8. The van der Waals surface area contributed by atoms with Gasteiger partial charge in [0.2, 0.25) is 0 Å². The minimum atomic E-state index is -0.447. The molecule has 0 unspecified atom stereocenters. The number of carbonyl (C=O) groups excluding carboxylic acids is 2. The second kappa shape index (κ2) is 12.2. The van der Waals surface area contributed by atoms with Crippen molar-refractivity contribution in [1.82, 2.24) is 9.80 Å². The Bertz CT molecular complexity index is 1030. The zero-order valence-corrected chi connectivity index (χ0v) is 21.8. The lowest BCUT2D eigenvalue weighted by molar-refractivity contribution is 0.0116. The molecule has 0 saturated heterocycles. The summed E-state index contributed by atoms with van der Waals surface area (Å²) in [6.45, 7) is 8.94. The summed E-state index contributed by atoms with van der Waals surface area (Å²) < 4.78 is 11.9. The molecular formula is C26H35ClN4O4. The zero-order valence-electron chi connectivity index (χ0n) is 21.0. The van der Waals surface area contributed by atoms with Gasteiger partial charge in [0.25, 0.3) is 5.91 Å². The van der Waals surface area contributed by atoms with Gasteiger partial charge in [-0.3, -0.25) is 9.69 Å². The molecule has 3 atom stereocenters. The van der Waals surface area contributed by atoms with Crippen LogP contribution >= 0.6 is 11.6 Å². The average Bonchev–Trinajstić information content (AvgIpc) is 2.84. The maximum Gasteiger partial charge on any atom is 0.323 e. The number of rotatable bonds is 4. The molecule has 3 amide bonds. The van der Waals surface area contributed by atoms with E-state index in [2.05, 4.69) is 36.3 Å². The number of nitrogens with one attached hydrogen (secondary N) is 2. The normalized spacial score (nSPS) is 21.8. The average molecular weight is 503 g/mol. The van der Waals surface area contributed by atoms with Crippen LogP contribution < -0.4 is 15.4 Å². The van der Waals surface area contributed by atoms with Gasteiger partial charge in [0.05, 0.1) is 22.4 Å². The minimum Gasteiger partial charge on any atom is -0.491 e. The van der Waals surface area contributed by atoms with Crippen LogP contribution in [0.3, 0.4) is 0 Å². The van der Waals surface area contributed by atoms with Crippen molar-refractivity contribution in [3.63, 3.8) is 0 Å². The van der Waals surface area contributed by atoms with Gasteiger partial charge >= 0.3 is 6.03 Å².